The van der Waals surface area contributed by atoms with Gasteiger partial charge in [0, 0.05) is 63.1 Å². The molecule has 3 aromatic rings. The molecule has 174 valence electrons. The van der Waals surface area contributed by atoms with Crippen LogP contribution in [0.4, 0.5) is 5.82 Å². The zero-order valence-electron chi connectivity index (χ0n) is 19.9. The number of aliphatic hydroxyl groups is 1. The van der Waals surface area contributed by atoms with Gasteiger partial charge in [-0.1, -0.05) is 54.6 Å². The van der Waals surface area contributed by atoms with Crippen LogP contribution in [-0.2, 0) is 11.2 Å². The predicted molar refractivity (Wildman–Crippen MR) is 133 cm³/mol. The predicted octanol–water partition coefficient (Wildman–Crippen LogP) is 3.48. The van der Waals surface area contributed by atoms with E-state index in [0.717, 1.165) is 55.5 Å². The van der Waals surface area contributed by atoms with Gasteiger partial charge < -0.3 is 14.7 Å². The Bertz CT molecular complexity index is 1050. The van der Waals surface area contributed by atoms with Crippen LogP contribution >= 0.6 is 0 Å². The molecule has 0 saturated carbocycles. The van der Waals surface area contributed by atoms with Crippen LogP contribution in [0, 0.1) is 13.8 Å². The number of benzene rings is 2. The van der Waals surface area contributed by atoms with Crippen molar-refractivity contribution in [2.45, 2.75) is 26.4 Å². The van der Waals surface area contributed by atoms with E-state index in [1.165, 1.54) is 16.7 Å². The zero-order chi connectivity index (χ0) is 23.2. The number of anilines is 1. The molecule has 1 aliphatic rings. The Morgan fingerprint density at radius 1 is 0.939 bits per heavy atom. The minimum absolute atomic E-state index is 0.367. The largest absolute Gasteiger partial charge is 0.389 e. The van der Waals surface area contributed by atoms with E-state index in [1.54, 1.807) is 7.11 Å². The molecule has 2 aromatic carbocycles. The van der Waals surface area contributed by atoms with Crippen molar-refractivity contribution in [1.82, 2.24) is 14.9 Å². The molecule has 33 heavy (non-hydrogen) atoms. The Hall–Kier alpha value is -2.80. The fraction of sp³-hybridized carbons (Fsp3) is 0.407. The maximum atomic E-state index is 10.1. The van der Waals surface area contributed by atoms with Crippen molar-refractivity contribution in [3.63, 3.8) is 0 Å². The van der Waals surface area contributed by atoms with E-state index in [2.05, 4.69) is 60.0 Å². The van der Waals surface area contributed by atoms with Crippen molar-refractivity contribution in [3.8, 4) is 11.4 Å². The monoisotopic (exact) mass is 446 g/mol. The lowest BCUT2D eigenvalue weighted by molar-refractivity contribution is 0.0365. The lowest BCUT2D eigenvalue weighted by atomic mass is 9.99. The number of methoxy groups -OCH3 is 1. The van der Waals surface area contributed by atoms with Gasteiger partial charge in [0.25, 0.3) is 0 Å². The molecule has 2 heterocycles. The van der Waals surface area contributed by atoms with Crippen LogP contribution in [0.25, 0.3) is 11.4 Å². The summed E-state index contributed by atoms with van der Waals surface area (Å²) in [6, 6.07) is 18.7. The third-order valence-corrected chi connectivity index (χ3v) is 6.35. The molecule has 0 amide bonds. The minimum Gasteiger partial charge on any atom is -0.389 e. The average Bonchev–Trinajstić information content (AvgIpc) is 2.83. The summed E-state index contributed by atoms with van der Waals surface area (Å²) < 4.78 is 5.08. The Kier molecular flexibility index (Phi) is 7.70. The number of piperazine rings is 1. The Balaban J connectivity index is 1.63. The van der Waals surface area contributed by atoms with Crippen molar-refractivity contribution in [2.75, 3.05) is 51.3 Å². The van der Waals surface area contributed by atoms with Gasteiger partial charge in [-0.25, -0.2) is 9.97 Å². The molecule has 6 heteroatoms. The highest BCUT2D eigenvalue weighted by Crippen LogP contribution is 2.29. The first-order chi connectivity index (χ1) is 16.0. The molecule has 6 nitrogen and oxygen atoms in total. The van der Waals surface area contributed by atoms with Crippen LogP contribution in [0.2, 0.25) is 0 Å². The summed E-state index contributed by atoms with van der Waals surface area (Å²) in [5.74, 6) is 1.80. The number of rotatable bonds is 8. The van der Waals surface area contributed by atoms with Gasteiger partial charge in [0.15, 0.2) is 5.82 Å². The lowest BCUT2D eigenvalue weighted by Gasteiger charge is -2.37. The van der Waals surface area contributed by atoms with Crippen LogP contribution in [-0.4, -0.2) is 72.5 Å². The molecule has 1 saturated heterocycles. The van der Waals surface area contributed by atoms with Crippen molar-refractivity contribution in [3.05, 3.63) is 77.0 Å². The number of aliphatic hydroxyl groups excluding tert-OH is 1. The molecule has 0 spiro atoms. The van der Waals surface area contributed by atoms with Gasteiger partial charge in [0.2, 0.25) is 0 Å². The van der Waals surface area contributed by atoms with Gasteiger partial charge in [-0.15, -0.1) is 0 Å². The third kappa shape index (κ3) is 5.77. The van der Waals surface area contributed by atoms with Gasteiger partial charge >= 0.3 is 0 Å². The number of hydrogen-bond donors (Lipinski definition) is 1. The minimum atomic E-state index is -0.454. The molecule has 1 aliphatic heterocycles. The molecule has 0 aliphatic carbocycles. The van der Waals surface area contributed by atoms with Crippen LogP contribution in [0.15, 0.2) is 54.6 Å². The van der Waals surface area contributed by atoms with Crippen molar-refractivity contribution in [2.24, 2.45) is 0 Å². The average molecular weight is 447 g/mol. The molecule has 1 unspecified atom stereocenters. The molecule has 1 atom stereocenters. The van der Waals surface area contributed by atoms with E-state index in [0.29, 0.717) is 13.2 Å². The second-order valence-electron chi connectivity index (χ2n) is 8.80. The molecule has 0 radical (unpaired) electrons. The number of ether oxygens (including phenoxy) is 1. The second-order valence-corrected chi connectivity index (χ2v) is 8.80. The first-order valence-corrected chi connectivity index (χ1v) is 11.7. The normalized spacial score (nSPS) is 15.6. The van der Waals surface area contributed by atoms with Crippen molar-refractivity contribution >= 4 is 5.82 Å². The Morgan fingerprint density at radius 3 is 2.33 bits per heavy atom. The fourth-order valence-corrected chi connectivity index (χ4v) is 4.45. The number of aromatic nitrogens is 2. The van der Waals surface area contributed by atoms with Crippen LogP contribution in [0.1, 0.15) is 22.4 Å². The maximum absolute atomic E-state index is 10.1. The van der Waals surface area contributed by atoms with E-state index in [4.69, 9.17) is 14.7 Å². The standard InChI is InChI=1S/C27H34N4O2/c1-20-9-7-8-12-23(20)17-25-21(2)28-26(22-10-5-4-6-11-22)29-27(25)31-15-13-30(14-16-31)18-24(32)19-33-3/h4-12,24,32H,13-19H2,1-3H3. The Labute approximate surface area is 196 Å². The summed E-state index contributed by atoms with van der Waals surface area (Å²) in [4.78, 5) is 14.7. The molecular weight excluding hydrogens is 412 g/mol. The van der Waals surface area contributed by atoms with Crippen molar-refractivity contribution in [1.29, 1.82) is 0 Å². The van der Waals surface area contributed by atoms with E-state index in [9.17, 15) is 5.11 Å². The smallest absolute Gasteiger partial charge is 0.161 e. The Morgan fingerprint density at radius 2 is 1.64 bits per heavy atom. The van der Waals surface area contributed by atoms with Gasteiger partial charge in [0.1, 0.15) is 5.82 Å². The topological polar surface area (TPSA) is 61.7 Å². The summed E-state index contributed by atoms with van der Waals surface area (Å²) >= 11 is 0. The second kappa shape index (κ2) is 10.9. The number of hydrogen-bond acceptors (Lipinski definition) is 6. The summed E-state index contributed by atoms with van der Waals surface area (Å²) in [5, 5.41) is 10.1. The molecule has 1 fully saturated rings. The van der Waals surface area contributed by atoms with Gasteiger partial charge in [-0.2, -0.15) is 0 Å². The highest BCUT2D eigenvalue weighted by molar-refractivity contribution is 5.61. The molecular formula is C27H34N4O2. The molecule has 0 bridgehead atoms. The molecule has 1 N–H and O–H groups in total. The fourth-order valence-electron chi connectivity index (χ4n) is 4.45. The molecule has 1 aromatic heterocycles. The quantitative estimate of drug-likeness (QED) is 0.572. The number of nitrogens with zero attached hydrogens (tertiary/aromatic N) is 4. The van der Waals surface area contributed by atoms with E-state index < -0.39 is 6.10 Å². The third-order valence-electron chi connectivity index (χ3n) is 6.35. The van der Waals surface area contributed by atoms with Gasteiger partial charge in [-0.3, -0.25) is 4.90 Å². The van der Waals surface area contributed by atoms with E-state index in [-0.39, 0.29) is 0 Å². The van der Waals surface area contributed by atoms with Gasteiger partial charge in [-0.05, 0) is 25.0 Å². The van der Waals surface area contributed by atoms with Gasteiger partial charge in [0.05, 0.1) is 12.7 Å². The summed E-state index contributed by atoms with van der Waals surface area (Å²) in [6.45, 7) is 8.76. The summed E-state index contributed by atoms with van der Waals surface area (Å²) in [5.41, 5.74) is 5.84. The summed E-state index contributed by atoms with van der Waals surface area (Å²) in [7, 11) is 1.62. The highest BCUT2D eigenvalue weighted by Gasteiger charge is 2.24. The number of aryl methyl sites for hydroxylation is 2. The first kappa shape index (κ1) is 23.4. The van der Waals surface area contributed by atoms with Crippen LogP contribution in [0.5, 0.6) is 0 Å². The molecule has 4 rings (SSSR count). The summed E-state index contributed by atoms with van der Waals surface area (Å²) in [6.07, 6.45) is 0.361. The van der Waals surface area contributed by atoms with E-state index >= 15 is 0 Å². The van der Waals surface area contributed by atoms with Crippen LogP contribution < -0.4 is 4.90 Å². The zero-order valence-corrected chi connectivity index (χ0v) is 19.9. The number of β-amino-alcohol motifs (C(OH)–C–C–N with tert-alkyl or cyclic N) is 1. The lowest BCUT2D eigenvalue weighted by Crippen LogP contribution is -2.49. The maximum Gasteiger partial charge on any atom is 0.161 e. The van der Waals surface area contributed by atoms with Crippen LogP contribution in [0.3, 0.4) is 0 Å². The SMILES string of the molecule is COCC(O)CN1CCN(c2nc(-c3ccccc3)nc(C)c2Cc2ccccc2C)CC1. The van der Waals surface area contributed by atoms with E-state index in [1.807, 2.05) is 18.2 Å². The first-order valence-electron chi connectivity index (χ1n) is 11.7. The van der Waals surface area contributed by atoms with Crippen molar-refractivity contribution < 1.29 is 9.84 Å². The highest BCUT2D eigenvalue weighted by atomic mass is 16.5.